The zero-order valence-corrected chi connectivity index (χ0v) is 15.2. The maximum absolute atomic E-state index is 5.65. The van der Waals surface area contributed by atoms with Gasteiger partial charge in [0.1, 0.15) is 11.4 Å². The van der Waals surface area contributed by atoms with Crippen molar-refractivity contribution in [3.8, 4) is 16.9 Å². The van der Waals surface area contributed by atoms with E-state index in [1.807, 2.05) is 6.07 Å². The molecule has 0 atom stereocenters. The lowest BCUT2D eigenvalue weighted by Gasteiger charge is -2.22. The first-order chi connectivity index (χ1) is 12.2. The summed E-state index contributed by atoms with van der Waals surface area (Å²) in [6.45, 7) is 4.31. The van der Waals surface area contributed by atoms with E-state index in [9.17, 15) is 0 Å². The number of benzene rings is 3. The summed E-state index contributed by atoms with van der Waals surface area (Å²) >= 11 is 1.80. The van der Waals surface area contributed by atoms with Crippen molar-refractivity contribution in [2.24, 2.45) is 0 Å². The molecule has 25 heavy (non-hydrogen) atoms. The van der Waals surface area contributed by atoms with Gasteiger partial charge in [-0.05, 0) is 35.0 Å². The van der Waals surface area contributed by atoms with E-state index in [1.54, 1.807) is 18.9 Å². The minimum Gasteiger partial charge on any atom is -0.496 e. The predicted molar refractivity (Wildman–Crippen MR) is 106 cm³/mol. The number of para-hydroxylation sites is 1. The fraction of sp³-hybridized carbons (Fsp3) is 0.0909. The molecule has 0 fully saturated rings. The highest BCUT2D eigenvalue weighted by molar-refractivity contribution is 8.08. The molecular weight excluding hydrogens is 326 g/mol. The number of methoxy groups -OCH3 is 1. The van der Waals surface area contributed by atoms with Gasteiger partial charge in [0.15, 0.2) is 0 Å². The molecule has 1 aliphatic rings. The van der Waals surface area contributed by atoms with Crippen LogP contribution in [0.2, 0.25) is 0 Å². The molecule has 0 saturated heterocycles. The Balaban J connectivity index is 2.14. The summed E-state index contributed by atoms with van der Waals surface area (Å²) < 4.78 is 5.65. The average molecular weight is 346 g/mol. The third kappa shape index (κ3) is 2.56. The van der Waals surface area contributed by atoms with Crippen molar-refractivity contribution in [1.82, 2.24) is 0 Å². The third-order valence-electron chi connectivity index (χ3n) is 4.58. The number of ether oxygens (including phenoxy) is 1. The van der Waals surface area contributed by atoms with E-state index < -0.39 is 0 Å². The van der Waals surface area contributed by atoms with Crippen LogP contribution in [-0.2, 0) is 0 Å². The topological polar surface area (TPSA) is 25.8 Å². The Hall–Kier alpha value is -2.49. The smallest absolute Gasteiger partial charge is 0.137 e. The summed E-state index contributed by atoms with van der Waals surface area (Å²) in [5.74, 6) is 0.909. The molecule has 3 heteroatoms. The number of thioether (sulfide) groups is 1. The van der Waals surface area contributed by atoms with Gasteiger partial charge in [0, 0.05) is 26.1 Å². The maximum Gasteiger partial charge on any atom is 0.137 e. The van der Waals surface area contributed by atoms with Crippen molar-refractivity contribution in [2.45, 2.75) is 4.90 Å². The molecule has 3 aromatic rings. The number of hydrogen-bond acceptors (Lipinski definition) is 2. The van der Waals surface area contributed by atoms with Crippen LogP contribution in [0.3, 0.4) is 0 Å². The van der Waals surface area contributed by atoms with E-state index in [0.717, 1.165) is 16.5 Å². The molecule has 0 bridgehead atoms. The van der Waals surface area contributed by atoms with E-state index in [4.69, 9.17) is 4.74 Å². The van der Waals surface area contributed by atoms with Crippen molar-refractivity contribution in [1.29, 1.82) is 0 Å². The summed E-state index contributed by atoms with van der Waals surface area (Å²) in [5.41, 5.74) is 4.85. The second kappa shape index (κ2) is 6.43. The normalized spacial score (nSPS) is 12.5. The first-order valence-electron chi connectivity index (χ1n) is 8.31. The number of rotatable bonds is 3. The Kier molecular flexibility index (Phi) is 4.12. The molecule has 4 rings (SSSR count). The summed E-state index contributed by atoms with van der Waals surface area (Å²) in [7, 11) is 3.81. The molecule has 0 radical (unpaired) electrons. The average Bonchev–Trinajstić information content (AvgIpc) is 2.66. The fourth-order valence-electron chi connectivity index (χ4n) is 3.41. The first-order valence-corrected chi connectivity index (χ1v) is 9.12. The number of quaternary nitrogens is 1. The summed E-state index contributed by atoms with van der Waals surface area (Å²) in [5, 5.41) is 4.41. The Labute approximate surface area is 151 Å². The van der Waals surface area contributed by atoms with Crippen molar-refractivity contribution in [3.05, 3.63) is 76.7 Å². The molecule has 1 aliphatic heterocycles. The molecule has 0 amide bonds. The molecule has 0 aromatic heterocycles. The van der Waals surface area contributed by atoms with Crippen LogP contribution in [0.25, 0.3) is 22.6 Å². The second-order valence-corrected chi connectivity index (χ2v) is 7.03. The van der Waals surface area contributed by atoms with Crippen molar-refractivity contribution in [3.63, 3.8) is 0 Å². The van der Waals surface area contributed by atoms with Crippen LogP contribution in [0.1, 0.15) is 5.56 Å². The first kappa shape index (κ1) is 16.0. The Morgan fingerprint density at radius 2 is 1.68 bits per heavy atom. The van der Waals surface area contributed by atoms with Crippen LogP contribution < -0.4 is 20.5 Å². The molecular formula is C22H20NOS+. The van der Waals surface area contributed by atoms with Crippen molar-refractivity contribution < 1.29 is 10.1 Å². The molecule has 0 saturated carbocycles. The highest BCUT2D eigenvalue weighted by Crippen LogP contribution is 2.45. The van der Waals surface area contributed by atoms with Crippen LogP contribution in [0.15, 0.2) is 65.6 Å². The number of hydrogen-bond donors (Lipinski definition) is 1. The van der Waals surface area contributed by atoms with Gasteiger partial charge in [-0.2, -0.15) is 0 Å². The van der Waals surface area contributed by atoms with Crippen LogP contribution >= 0.6 is 11.8 Å². The molecule has 3 aromatic carbocycles. The Morgan fingerprint density at radius 3 is 2.48 bits per heavy atom. The van der Waals surface area contributed by atoms with Crippen LogP contribution in [0.5, 0.6) is 5.75 Å². The minimum atomic E-state index is 0.909. The maximum atomic E-state index is 5.65. The highest BCUT2D eigenvalue weighted by atomic mass is 32.2. The van der Waals surface area contributed by atoms with E-state index in [2.05, 4.69) is 73.5 Å². The van der Waals surface area contributed by atoms with Crippen LogP contribution in [-0.4, -0.2) is 14.2 Å². The second-order valence-electron chi connectivity index (χ2n) is 5.98. The zero-order chi connectivity index (χ0) is 17.4. The van der Waals surface area contributed by atoms with Crippen molar-refractivity contribution >= 4 is 28.9 Å². The molecule has 0 spiro atoms. The molecule has 124 valence electrons. The van der Waals surface area contributed by atoms with E-state index >= 15 is 0 Å². The number of fused-ring (bicyclic) bond motifs is 3. The lowest BCUT2D eigenvalue weighted by atomic mass is 9.98. The minimum absolute atomic E-state index is 0.909. The van der Waals surface area contributed by atoms with Gasteiger partial charge in [-0.15, -0.1) is 0 Å². The molecule has 2 N–H and O–H groups in total. The lowest BCUT2D eigenvalue weighted by molar-refractivity contribution is -0.539. The van der Waals surface area contributed by atoms with Gasteiger partial charge < -0.3 is 10.1 Å². The van der Waals surface area contributed by atoms with Gasteiger partial charge >= 0.3 is 0 Å². The predicted octanol–water partition coefficient (Wildman–Crippen LogP) is 2.86. The third-order valence-corrected chi connectivity index (χ3v) is 5.77. The van der Waals surface area contributed by atoms with Crippen molar-refractivity contribution in [2.75, 3.05) is 14.2 Å². The Bertz CT molecular complexity index is 1070. The highest BCUT2D eigenvalue weighted by Gasteiger charge is 2.23. The molecule has 0 aliphatic carbocycles. The monoisotopic (exact) mass is 346 g/mol. The van der Waals surface area contributed by atoms with Gasteiger partial charge in [-0.1, -0.05) is 54.7 Å². The van der Waals surface area contributed by atoms with E-state index in [0.29, 0.717) is 0 Å². The van der Waals surface area contributed by atoms with E-state index in [1.165, 1.54) is 31.8 Å². The van der Waals surface area contributed by atoms with E-state index in [-0.39, 0.29) is 0 Å². The largest absolute Gasteiger partial charge is 0.496 e. The lowest BCUT2D eigenvalue weighted by Crippen LogP contribution is -2.73. The summed E-state index contributed by atoms with van der Waals surface area (Å²) in [6, 6.07) is 21.1. The summed E-state index contributed by atoms with van der Waals surface area (Å²) in [4.78, 5) is 2.48. The SMILES string of the molecule is C=c1cccc2c1=C(c1ccccc1[NH2+]C)Sc1cccc(OC)c1-2. The van der Waals surface area contributed by atoms with Gasteiger partial charge in [0.25, 0.3) is 0 Å². The molecule has 0 unspecified atom stereocenters. The van der Waals surface area contributed by atoms with Gasteiger partial charge in [0.05, 0.1) is 14.2 Å². The zero-order valence-electron chi connectivity index (χ0n) is 14.4. The molecule has 2 nitrogen and oxygen atoms in total. The quantitative estimate of drug-likeness (QED) is 0.738. The van der Waals surface area contributed by atoms with Crippen LogP contribution in [0, 0.1) is 0 Å². The van der Waals surface area contributed by atoms with Crippen LogP contribution in [0.4, 0.5) is 5.69 Å². The number of nitrogens with two attached hydrogens (primary N) is 1. The molecule has 1 heterocycles. The fourth-order valence-corrected chi connectivity index (χ4v) is 4.73. The summed E-state index contributed by atoms with van der Waals surface area (Å²) in [6.07, 6.45) is 0. The Morgan fingerprint density at radius 1 is 0.920 bits per heavy atom. The van der Waals surface area contributed by atoms with Gasteiger partial charge in [0.2, 0.25) is 0 Å². The standard InChI is InChI=1S/C22H19NOS/c1-14-8-6-10-16-20(14)22(15-9-4-5-11-17(15)23-2)25-19-13-7-12-18(24-3)21(16)19/h4-13,23H,1H2,2-3H3/p+1. The van der Waals surface area contributed by atoms with Gasteiger partial charge in [-0.3, -0.25) is 0 Å². The van der Waals surface area contributed by atoms with Gasteiger partial charge in [-0.25, -0.2) is 0 Å².